The van der Waals surface area contributed by atoms with Crippen LogP contribution in [0, 0.1) is 0 Å². The first-order chi connectivity index (χ1) is 4.66. The van der Waals surface area contributed by atoms with E-state index in [1.165, 1.54) is 0 Å². The molecule has 0 spiro atoms. The Kier molecular flexibility index (Phi) is 3.37. The predicted octanol–water partition coefficient (Wildman–Crippen LogP) is -1.91. The average Bonchev–Trinajstić information content (AvgIpc) is 2.09. The molecular formula is C5H12ClNO3. The molecule has 0 aromatic carbocycles. The van der Waals surface area contributed by atoms with E-state index in [0.29, 0.717) is 0 Å². The number of aliphatic hydroxyl groups is 3. The van der Waals surface area contributed by atoms with Crippen molar-refractivity contribution in [1.29, 1.82) is 0 Å². The third-order valence-electron chi connectivity index (χ3n) is 1.50. The van der Waals surface area contributed by atoms with Gasteiger partial charge in [0.1, 0.15) is 1.41 Å². The lowest BCUT2D eigenvalue weighted by atomic mass is 10.1. The van der Waals surface area contributed by atoms with Crippen molar-refractivity contribution in [3.8, 4) is 0 Å². The van der Waals surface area contributed by atoms with Gasteiger partial charge in [0.05, 0.1) is 24.9 Å². The van der Waals surface area contributed by atoms with Crippen LogP contribution in [0.15, 0.2) is 0 Å². The molecule has 1 heterocycles. The van der Waals surface area contributed by atoms with Crippen LogP contribution in [0.3, 0.4) is 0 Å². The van der Waals surface area contributed by atoms with Gasteiger partial charge in [-0.2, -0.15) is 0 Å². The number of nitrogens with one attached hydrogen (secondary N) is 1. The zero-order chi connectivity index (χ0) is 7.72. The maximum Gasteiger partial charge on any atom is 0.123 e. The van der Waals surface area contributed by atoms with Crippen molar-refractivity contribution >= 4 is 12.4 Å². The Balaban J connectivity index is 0.000001000. The maximum absolute atomic E-state index is 9.06. The number of hydrogen-bond acceptors (Lipinski definition) is 4. The van der Waals surface area contributed by atoms with E-state index in [-0.39, 0.29) is 25.6 Å². The smallest absolute Gasteiger partial charge is 0.123 e. The molecule has 1 aliphatic rings. The number of halogens is 1. The number of rotatable bonds is 1. The van der Waals surface area contributed by atoms with Crippen LogP contribution in [-0.4, -0.2) is 46.7 Å². The van der Waals surface area contributed by atoms with E-state index in [4.69, 9.17) is 16.7 Å². The van der Waals surface area contributed by atoms with E-state index in [1.54, 1.807) is 0 Å². The summed E-state index contributed by atoms with van der Waals surface area (Å²) < 4.78 is 7.10. The molecule has 0 amide bonds. The largest absolute Gasteiger partial charge is 0.395 e. The van der Waals surface area contributed by atoms with E-state index in [1.807, 2.05) is 0 Å². The van der Waals surface area contributed by atoms with E-state index in [9.17, 15) is 0 Å². The Hall–Kier alpha value is 0.130. The number of hydrogen-bond donors (Lipinski definition) is 4. The molecule has 0 unspecified atom stereocenters. The summed E-state index contributed by atoms with van der Waals surface area (Å²) in [4.78, 5) is 0. The lowest BCUT2D eigenvalue weighted by molar-refractivity contribution is 0.0295. The maximum atomic E-state index is 9.06. The van der Waals surface area contributed by atoms with Gasteiger partial charge >= 0.3 is 0 Å². The standard InChI is InChI=1S/C5H11NO3.ClH/c7-2-3-5(9)4(8)1-6-3;/h3-9H,1-2H2;1H/t3-,4+,5+;/m1./s1/i/hD. The Morgan fingerprint density at radius 3 is 2.40 bits per heavy atom. The van der Waals surface area contributed by atoms with Crippen LogP contribution < -0.4 is 5.31 Å². The molecule has 1 fully saturated rings. The zero-order valence-corrected chi connectivity index (χ0v) is 6.16. The van der Waals surface area contributed by atoms with Gasteiger partial charge < -0.3 is 20.6 Å². The van der Waals surface area contributed by atoms with Crippen molar-refractivity contribution in [3.05, 3.63) is 0 Å². The molecule has 0 aliphatic carbocycles. The highest BCUT2D eigenvalue weighted by atomic mass is 35.5. The minimum absolute atomic E-state index is 0. The molecule has 1 saturated heterocycles. The van der Waals surface area contributed by atoms with E-state index in [2.05, 4.69) is 0 Å². The number of β-amino-alcohol motifs (C(OH)–C–C–N with tert-alkyl or cyclic N) is 1. The third kappa shape index (κ3) is 1.81. The fourth-order valence-electron chi connectivity index (χ4n) is 0.882. The summed E-state index contributed by atoms with van der Waals surface area (Å²) in [5, 5.41) is 27.6. The molecule has 0 saturated carbocycles. The monoisotopic (exact) mass is 170 g/mol. The van der Waals surface area contributed by atoms with Gasteiger partial charge in [0, 0.05) is 6.54 Å². The lowest BCUT2D eigenvalue weighted by Gasteiger charge is -2.11. The second-order valence-corrected chi connectivity index (χ2v) is 2.17. The minimum atomic E-state index is -0.984. The highest BCUT2D eigenvalue weighted by Crippen LogP contribution is 2.05. The third-order valence-corrected chi connectivity index (χ3v) is 1.50. The van der Waals surface area contributed by atoms with Crippen molar-refractivity contribution in [3.63, 3.8) is 0 Å². The highest BCUT2D eigenvalue weighted by Gasteiger charge is 2.31. The molecule has 1 aliphatic heterocycles. The fraction of sp³-hybridized carbons (Fsp3) is 1.00. The Bertz CT molecular complexity index is 128. The summed E-state index contributed by atoms with van der Waals surface area (Å²) in [5.41, 5.74) is 0. The molecule has 3 atom stereocenters. The van der Waals surface area contributed by atoms with Crippen molar-refractivity contribution in [2.45, 2.75) is 18.2 Å². The topological polar surface area (TPSA) is 72.7 Å². The second-order valence-electron chi connectivity index (χ2n) is 2.17. The van der Waals surface area contributed by atoms with Crippen LogP contribution in [0.5, 0.6) is 0 Å². The van der Waals surface area contributed by atoms with E-state index < -0.39 is 18.2 Å². The lowest BCUT2D eigenvalue weighted by Crippen LogP contribution is -2.35. The van der Waals surface area contributed by atoms with Crippen molar-refractivity contribution in [2.75, 3.05) is 13.2 Å². The first kappa shape index (κ1) is 8.23. The molecule has 10 heavy (non-hydrogen) atoms. The molecule has 0 aromatic rings. The molecule has 0 aromatic heterocycles. The minimum Gasteiger partial charge on any atom is -0.395 e. The summed E-state index contributed by atoms with van der Waals surface area (Å²) in [6.07, 6.45) is -1.88. The van der Waals surface area contributed by atoms with Gasteiger partial charge in [-0.15, -0.1) is 12.4 Å². The molecule has 62 valence electrons. The summed E-state index contributed by atoms with van der Waals surface area (Å²) in [5.74, 6) is 0. The van der Waals surface area contributed by atoms with Gasteiger partial charge in [-0.25, -0.2) is 0 Å². The second kappa shape index (κ2) is 4.10. The van der Waals surface area contributed by atoms with Crippen molar-refractivity contribution in [1.82, 2.24) is 5.31 Å². The Labute approximate surface area is 66.7 Å². The van der Waals surface area contributed by atoms with E-state index >= 15 is 0 Å². The molecule has 0 radical (unpaired) electrons. The molecular weight excluding hydrogens is 158 g/mol. The van der Waals surface area contributed by atoms with Crippen molar-refractivity contribution < 1.29 is 16.7 Å². The summed E-state index contributed by atoms with van der Waals surface area (Å²) in [7, 11) is 0. The summed E-state index contributed by atoms with van der Waals surface area (Å²) in [6, 6.07) is -0.630. The zero-order valence-electron chi connectivity index (χ0n) is 6.34. The normalized spacial score (nSPS) is 42.7. The van der Waals surface area contributed by atoms with Crippen LogP contribution in [0.2, 0.25) is 1.41 Å². The van der Waals surface area contributed by atoms with Crippen LogP contribution in [0.25, 0.3) is 0 Å². The molecule has 4 N–H and O–H groups in total. The Morgan fingerprint density at radius 1 is 1.60 bits per heavy atom. The van der Waals surface area contributed by atoms with Crippen molar-refractivity contribution in [2.24, 2.45) is 0 Å². The van der Waals surface area contributed by atoms with Gasteiger partial charge in [-0.3, -0.25) is 0 Å². The summed E-state index contributed by atoms with van der Waals surface area (Å²) >= 11 is 0. The average molecular weight is 171 g/mol. The van der Waals surface area contributed by atoms with Gasteiger partial charge in [0.15, 0.2) is 0 Å². The van der Waals surface area contributed by atoms with Crippen LogP contribution >= 0.6 is 12.4 Å². The summed E-state index contributed by atoms with van der Waals surface area (Å²) in [6.45, 7) is -0.186. The Morgan fingerprint density at radius 2 is 2.20 bits per heavy atom. The first-order valence-corrected chi connectivity index (χ1v) is 2.89. The van der Waals surface area contributed by atoms with Crippen LogP contribution in [0.4, 0.5) is 0 Å². The highest BCUT2D eigenvalue weighted by molar-refractivity contribution is 5.85. The SMILES string of the molecule is Cl.[2H]N1C[C@H](O)[C@@H](O)[C@H]1CO. The van der Waals surface area contributed by atoms with E-state index in [0.717, 1.165) is 5.31 Å². The van der Waals surface area contributed by atoms with Gasteiger partial charge in [0.2, 0.25) is 0 Å². The van der Waals surface area contributed by atoms with Crippen LogP contribution in [0.1, 0.15) is 0 Å². The molecule has 4 nitrogen and oxygen atoms in total. The van der Waals surface area contributed by atoms with Gasteiger partial charge in [-0.1, -0.05) is 0 Å². The van der Waals surface area contributed by atoms with Gasteiger partial charge in [0.25, 0.3) is 0 Å². The molecule has 5 heteroatoms. The predicted molar refractivity (Wildman–Crippen MR) is 38.1 cm³/mol. The fourth-order valence-corrected chi connectivity index (χ4v) is 0.882. The van der Waals surface area contributed by atoms with Crippen LogP contribution in [-0.2, 0) is 0 Å². The molecule has 1 rings (SSSR count). The number of aliphatic hydroxyl groups excluding tert-OH is 3. The van der Waals surface area contributed by atoms with Gasteiger partial charge in [-0.05, 0) is 0 Å². The first-order valence-electron chi connectivity index (χ1n) is 3.34. The quantitative estimate of drug-likeness (QED) is 0.371. The molecule has 0 bridgehead atoms.